The van der Waals surface area contributed by atoms with Crippen molar-refractivity contribution in [2.75, 3.05) is 19.6 Å². The number of nitrogens with zero attached hydrogens (tertiary/aromatic N) is 4. The van der Waals surface area contributed by atoms with Crippen LogP contribution in [-0.4, -0.2) is 68.6 Å². The van der Waals surface area contributed by atoms with Crippen LogP contribution >= 0.6 is 0 Å². The number of hydrogen-bond donors (Lipinski definition) is 1. The molecule has 4 rings (SSSR count). The van der Waals surface area contributed by atoms with Gasteiger partial charge in [0.15, 0.2) is 0 Å². The van der Waals surface area contributed by atoms with E-state index in [1.165, 1.54) is 6.20 Å². The number of piperidine rings is 2. The second-order valence-corrected chi connectivity index (χ2v) is 8.08. The van der Waals surface area contributed by atoms with Gasteiger partial charge in [-0.05, 0) is 42.4 Å². The Bertz CT molecular complexity index is 958. The third-order valence-corrected chi connectivity index (χ3v) is 5.87. The number of carbonyl (C=O) groups excluding carboxylic acids is 2. The summed E-state index contributed by atoms with van der Waals surface area (Å²) in [6, 6.07) is 5.50. The van der Waals surface area contributed by atoms with Crippen molar-refractivity contribution in [3.8, 4) is 0 Å². The fourth-order valence-corrected chi connectivity index (χ4v) is 4.03. The minimum atomic E-state index is -5.08. The van der Waals surface area contributed by atoms with Gasteiger partial charge in [0, 0.05) is 51.1 Å². The number of amides is 2. The molecule has 4 heterocycles. The third-order valence-electron chi connectivity index (χ3n) is 5.87. The fourth-order valence-electron chi connectivity index (χ4n) is 4.03. The molecule has 0 atom stereocenters. The number of rotatable bonds is 3. The number of carboxylic acid groups (broad SMARTS) is 1. The molecule has 0 aliphatic carbocycles. The summed E-state index contributed by atoms with van der Waals surface area (Å²) in [7, 11) is 0. The number of likely N-dealkylation sites (tertiary alicyclic amines) is 2. The van der Waals surface area contributed by atoms with E-state index in [0.717, 1.165) is 31.4 Å². The van der Waals surface area contributed by atoms with Crippen LogP contribution in [0.2, 0.25) is 0 Å². The smallest absolute Gasteiger partial charge is 0.475 e. The molecule has 0 radical (unpaired) electrons. The van der Waals surface area contributed by atoms with Crippen molar-refractivity contribution >= 4 is 17.8 Å². The number of hydrogen-bond acceptors (Lipinski definition) is 6. The number of halogens is 3. The Morgan fingerprint density at radius 3 is 2.27 bits per heavy atom. The largest absolute Gasteiger partial charge is 0.490 e. The highest BCUT2D eigenvalue weighted by Crippen LogP contribution is 2.40. The van der Waals surface area contributed by atoms with Gasteiger partial charge in [-0.25, -0.2) is 4.79 Å². The van der Waals surface area contributed by atoms with Gasteiger partial charge in [-0.3, -0.25) is 14.6 Å². The van der Waals surface area contributed by atoms with Crippen molar-refractivity contribution in [2.24, 2.45) is 5.41 Å². The molecule has 0 bridgehead atoms. The molecule has 2 aliphatic rings. The molecule has 0 unspecified atom stereocenters. The molecule has 2 amide bonds. The van der Waals surface area contributed by atoms with E-state index in [0.29, 0.717) is 31.8 Å². The maximum atomic E-state index is 12.4. The van der Waals surface area contributed by atoms with E-state index in [-0.39, 0.29) is 17.2 Å². The summed E-state index contributed by atoms with van der Waals surface area (Å²) in [5.41, 5.74) is 1.21. The van der Waals surface area contributed by atoms with E-state index in [9.17, 15) is 22.8 Å². The average molecular weight is 468 g/mol. The zero-order valence-corrected chi connectivity index (χ0v) is 17.6. The second-order valence-electron chi connectivity index (χ2n) is 8.08. The number of aromatic nitrogens is 2. The first-order chi connectivity index (χ1) is 15.6. The fraction of sp³-hybridized carbons (Fsp3) is 0.476. The SMILES string of the molecule is O=C(O)C(F)(F)F.O=C1CCC2(CCN(C(=O)c3ccno3)CC2)CN1Cc1ccncc1. The Morgan fingerprint density at radius 1 is 1.09 bits per heavy atom. The Kier molecular flexibility index (Phi) is 7.34. The lowest BCUT2D eigenvalue weighted by atomic mass is 9.72. The van der Waals surface area contributed by atoms with Crippen LogP contribution in [0, 0.1) is 5.41 Å². The number of carbonyl (C=O) groups is 3. The zero-order chi connectivity index (χ0) is 24.1. The molecule has 2 aromatic rings. The van der Waals surface area contributed by atoms with E-state index in [1.54, 1.807) is 18.5 Å². The molecular weight excluding hydrogens is 445 g/mol. The predicted octanol–water partition coefficient (Wildman–Crippen LogP) is 2.75. The lowest BCUT2D eigenvalue weighted by Gasteiger charge is -2.47. The Labute approximate surface area is 187 Å². The van der Waals surface area contributed by atoms with Crippen molar-refractivity contribution in [1.82, 2.24) is 19.9 Å². The molecule has 33 heavy (non-hydrogen) atoms. The van der Waals surface area contributed by atoms with Gasteiger partial charge in [-0.1, -0.05) is 5.16 Å². The van der Waals surface area contributed by atoms with Gasteiger partial charge < -0.3 is 19.4 Å². The molecule has 1 N–H and O–H groups in total. The van der Waals surface area contributed by atoms with Gasteiger partial charge in [0.2, 0.25) is 11.7 Å². The first kappa shape index (κ1) is 24.2. The zero-order valence-electron chi connectivity index (χ0n) is 17.6. The molecule has 2 aromatic heterocycles. The molecule has 2 aliphatic heterocycles. The third kappa shape index (κ3) is 6.30. The van der Waals surface area contributed by atoms with Crippen molar-refractivity contribution in [1.29, 1.82) is 0 Å². The second kappa shape index (κ2) is 10.0. The predicted molar refractivity (Wildman–Crippen MR) is 107 cm³/mol. The minimum absolute atomic E-state index is 0.0992. The van der Waals surface area contributed by atoms with E-state index < -0.39 is 12.1 Å². The lowest BCUT2D eigenvalue weighted by molar-refractivity contribution is -0.192. The van der Waals surface area contributed by atoms with Crippen LogP contribution in [0.5, 0.6) is 0 Å². The lowest BCUT2D eigenvalue weighted by Crippen LogP contribution is -2.52. The number of alkyl halides is 3. The van der Waals surface area contributed by atoms with Crippen LogP contribution in [0.25, 0.3) is 0 Å². The molecule has 9 nitrogen and oxygen atoms in total. The van der Waals surface area contributed by atoms with Gasteiger partial charge >= 0.3 is 12.1 Å². The first-order valence-electron chi connectivity index (χ1n) is 10.3. The summed E-state index contributed by atoms with van der Waals surface area (Å²) in [6.07, 6.45) is 3.23. The summed E-state index contributed by atoms with van der Waals surface area (Å²) in [5.74, 6) is -2.35. The molecule has 1 spiro atoms. The van der Waals surface area contributed by atoms with Crippen LogP contribution in [0.3, 0.4) is 0 Å². The van der Waals surface area contributed by atoms with E-state index in [4.69, 9.17) is 14.4 Å². The number of aliphatic carboxylic acids is 1. The molecule has 0 saturated carbocycles. The van der Waals surface area contributed by atoms with E-state index >= 15 is 0 Å². The molecule has 2 saturated heterocycles. The maximum absolute atomic E-state index is 12.4. The topological polar surface area (TPSA) is 117 Å². The van der Waals surface area contributed by atoms with Crippen molar-refractivity contribution < 1.29 is 37.2 Å². The molecule has 2 fully saturated rings. The summed E-state index contributed by atoms with van der Waals surface area (Å²) in [6.45, 7) is 2.77. The van der Waals surface area contributed by atoms with Crippen molar-refractivity contribution in [2.45, 2.75) is 38.4 Å². The normalized spacial score (nSPS) is 18.0. The quantitative estimate of drug-likeness (QED) is 0.736. The van der Waals surface area contributed by atoms with Crippen molar-refractivity contribution in [3.63, 3.8) is 0 Å². The van der Waals surface area contributed by atoms with Gasteiger partial charge in [-0.15, -0.1) is 0 Å². The van der Waals surface area contributed by atoms with Crippen molar-refractivity contribution in [3.05, 3.63) is 48.1 Å². The molecule has 178 valence electrons. The van der Waals surface area contributed by atoms with Gasteiger partial charge in [0.05, 0.1) is 6.20 Å². The van der Waals surface area contributed by atoms with Crippen LogP contribution in [0.1, 0.15) is 41.8 Å². The summed E-state index contributed by atoms with van der Waals surface area (Å²) in [5, 5.41) is 10.7. The number of carboxylic acids is 1. The monoisotopic (exact) mass is 468 g/mol. The highest BCUT2D eigenvalue weighted by molar-refractivity contribution is 5.91. The minimum Gasteiger partial charge on any atom is -0.475 e. The van der Waals surface area contributed by atoms with E-state index in [1.807, 2.05) is 21.9 Å². The maximum Gasteiger partial charge on any atom is 0.490 e. The summed E-state index contributed by atoms with van der Waals surface area (Å²) < 4.78 is 36.7. The highest BCUT2D eigenvalue weighted by atomic mass is 19.4. The number of pyridine rings is 1. The van der Waals surface area contributed by atoms with Crippen LogP contribution in [0.4, 0.5) is 13.2 Å². The van der Waals surface area contributed by atoms with E-state index in [2.05, 4.69) is 10.1 Å². The van der Waals surface area contributed by atoms with Crippen LogP contribution in [-0.2, 0) is 16.1 Å². The van der Waals surface area contributed by atoms with Crippen LogP contribution in [0.15, 0.2) is 41.3 Å². The standard InChI is InChI=1S/C19H22N4O3.C2HF3O2/c24-17-1-5-19(14-23(17)13-15-2-8-20-9-3-15)6-11-22(12-7-19)18(25)16-4-10-21-26-16;3-2(4,5)1(6)7/h2-4,8-10H,1,5-7,11-14H2;(H,6,7). The molecule has 12 heteroatoms. The molecule has 0 aromatic carbocycles. The van der Waals surface area contributed by atoms with Gasteiger partial charge in [-0.2, -0.15) is 13.2 Å². The Morgan fingerprint density at radius 2 is 1.73 bits per heavy atom. The molecular formula is C21H23F3N4O5. The summed E-state index contributed by atoms with van der Waals surface area (Å²) >= 11 is 0. The first-order valence-corrected chi connectivity index (χ1v) is 10.3. The Balaban J connectivity index is 0.000000383. The average Bonchev–Trinajstić information content (AvgIpc) is 3.32. The van der Waals surface area contributed by atoms with Gasteiger partial charge in [0.1, 0.15) is 0 Å². The summed E-state index contributed by atoms with van der Waals surface area (Å²) in [4.78, 5) is 41.5. The van der Waals surface area contributed by atoms with Gasteiger partial charge in [0.25, 0.3) is 5.91 Å². The highest BCUT2D eigenvalue weighted by Gasteiger charge is 2.42. The van der Waals surface area contributed by atoms with Crippen LogP contribution < -0.4 is 0 Å². The Hall–Kier alpha value is -3.44.